The Morgan fingerprint density at radius 1 is 1.00 bits per heavy atom. The van der Waals surface area contributed by atoms with Gasteiger partial charge in [-0.15, -0.1) is 0 Å². The molecule has 1 N–H and O–H groups in total. The van der Waals surface area contributed by atoms with Crippen molar-refractivity contribution in [1.29, 1.82) is 0 Å². The highest BCUT2D eigenvalue weighted by atomic mass is 16.4. The molecule has 0 atom stereocenters. The average Bonchev–Trinajstić information content (AvgIpc) is 2.54. The first-order valence-corrected chi connectivity index (χ1v) is 8.24. The highest BCUT2D eigenvalue weighted by Gasteiger charge is 2.10. The van der Waals surface area contributed by atoms with Crippen LogP contribution in [0.4, 0.5) is 0 Å². The first kappa shape index (κ1) is 15.5. The second-order valence-electron chi connectivity index (χ2n) is 6.61. The van der Waals surface area contributed by atoms with Gasteiger partial charge < -0.3 is 5.11 Å². The predicted octanol–water partition coefficient (Wildman–Crippen LogP) is 5.67. The van der Waals surface area contributed by atoms with Crippen LogP contribution in [0.1, 0.15) is 42.6 Å². The van der Waals surface area contributed by atoms with Crippen LogP contribution in [0.25, 0.3) is 21.5 Å². The van der Waals surface area contributed by atoms with Gasteiger partial charge in [0.1, 0.15) is 0 Å². The molecular formula is C21H22O2. The van der Waals surface area contributed by atoms with E-state index in [-0.39, 0.29) is 0 Å². The second-order valence-corrected chi connectivity index (χ2v) is 6.61. The number of rotatable bonds is 5. The van der Waals surface area contributed by atoms with Gasteiger partial charge >= 0.3 is 5.97 Å². The third-order valence-electron chi connectivity index (χ3n) is 4.42. The summed E-state index contributed by atoms with van der Waals surface area (Å²) in [5.74, 6) is -0.156. The van der Waals surface area contributed by atoms with Crippen LogP contribution >= 0.6 is 0 Å². The van der Waals surface area contributed by atoms with Crippen molar-refractivity contribution >= 4 is 27.5 Å². The van der Waals surface area contributed by atoms with Gasteiger partial charge in [-0.3, -0.25) is 0 Å². The fourth-order valence-corrected chi connectivity index (χ4v) is 3.22. The zero-order chi connectivity index (χ0) is 16.4. The van der Waals surface area contributed by atoms with E-state index in [0.717, 1.165) is 28.5 Å². The van der Waals surface area contributed by atoms with Gasteiger partial charge in [0.2, 0.25) is 0 Å². The molecule has 0 aliphatic rings. The number of fused-ring (bicyclic) bond motifs is 3. The number of benzene rings is 3. The summed E-state index contributed by atoms with van der Waals surface area (Å²) in [4.78, 5) is 11.3. The van der Waals surface area contributed by atoms with Crippen LogP contribution in [0, 0.1) is 5.92 Å². The van der Waals surface area contributed by atoms with Crippen LogP contribution in [0.15, 0.2) is 48.5 Å². The SMILES string of the molecule is CC(C)CCCc1cc2ccc(C(=O)O)cc2c2ccccc12. The molecule has 0 heterocycles. The summed E-state index contributed by atoms with van der Waals surface area (Å²) in [5.41, 5.74) is 1.70. The fourth-order valence-electron chi connectivity index (χ4n) is 3.22. The number of hydrogen-bond acceptors (Lipinski definition) is 1. The molecule has 3 aromatic rings. The Balaban J connectivity index is 2.14. The zero-order valence-electron chi connectivity index (χ0n) is 13.7. The largest absolute Gasteiger partial charge is 0.478 e. The molecule has 0 unspecified atom stereocenters. The zero-order valence-corrected chi connectivity index (χ0v) is 13.7. The minimum absolute atomic E-state index is 0.343. The minimum atomic E-state index is -0.878. The van der Waals surface area contributed by atoms with Crippen molar-refractivity contribution in [3.05, 3.63) is 59.7 Å². The fraction of sp³-hybridized carbons (Fsp3) is 0.286. The van der Waals surface area contributed by atoms with E-state index in [4.69, 9.17) is 0 Å². The van der Waals surface area contributed by atoms with Crippen molar-refractivity contribution in [3.63, 3.8) is 0 Å². The maximum atomic E-state index is 11.3. The van der Waals surface area contributed by atoms with Crippen molar-refractivity contribution in [1.82, 2.24) is 0 Å². The summed E-state index contributed by atoms with van der Waals surface area (Å²) in [6.07, 6.45) is 3.47. The third kappa shape index (κ3) is 3.21. The number of carbonyl (C=O) groups is 1. The molecule has 0 spiro atoms. The molecule has 0 amide bonds. The third-order valence-corrected chi connectivity index (χ3v) is 4.42. The lowest BCUT2D eigenvalue weighted by Crippen LogP contribution is -1.97. The van der Waals surface area contributed by atoms with Crippen molar-refractivity contribution in [3.8, 4) is 0 Å². The van der Waals surface area contributed by atoms with Crippen LogP contribution < -0.4 is 0 Å². The monoisotopic (exact) mass is 306 g/mol. The Labute approximate surface area is 136 Å². The summed E-state index contributed by atoms with van der Waals surface area (Å²) in [5, 5.41) is 13.8. The van der Waals surface area contributed by atoms with Crippen LogP contribution in [0.5, 0.6) is 0 Å². The molecule has 0 fully saturated rings. The minimum Gasteiger partial charge on any atom is -0.478 e. The van der Waals surface area contributed by atoms with E-state index in [0.29, 0.717) is 5.56 Å². The van der Waals surface area contributed by atoms with E-state index in [1.54, 1.807) is 12.1 Å². The van der Waals surface area contributed by atoms with Gasteiger partial charge in [-0.05, 0) is 58.0 Å². The summed E-state index contributed by atoms with van der Waals surface area (Å²) in [7, 11) is 0. The molecule has 0 aromatic heterocycles. The van der Waals surface area contributed by atoms with E-state index in [1.807, 2.05) is 12.1 Å². The van der Waals surface area contributed by atoms with Crippen LogP contribution in [-0.2, 0) is 6.42 Å². The van der Waals surface area contributed by atoms with Gasteiger partial charge in [0.25, 0.3) is 0 Å². The van der Waals surface area contributed by atoms with Crippen molar-refractivity contribution in [2.75, 3.05) is 0 Å². The van der Waals surface area contributed by atoms with Gasteiger partial charge in [-0.25, -0.2) is 4.79 Å². The molecule has 2 nitrogen and oxygen atoms in total. The van der Waals surface area contributed by atoms with E-state index < -0.39 is 5.97 Å². The topological polar surface area (TPSA) is 37.3 Å². The normalized spacial score (nSPS) is 11.4. The number of aryl methyl sites for hydroxylation is 1. The predicted molar refractivity (Wildman–Crippen MR) is 96.2 cm³/mol. The lowest BCUT2D eigenvalue weighted by atomic mass is 9.93. The Bertz CT molecular complexity index is 862. The molecule has 23 heavy (non-hydrogen) atoms. The molecule has 0 bridgehead atoms. The molecular weight excluding hydrogens is 284 g/mol. The van der Waals surface area contributed by atoms with Gasteiger partial charge in [0.15, 0.2) is 0 Å². The summed E-state index contributed by atoms with van der Waals surface area (Å²) in [6, 6.07) is 16.0. The summed E-state index contributed by atoms with van der Waals surface area (Å²) in [6.45, 7) is 4.51. The maximum Gasteiger partial charge on any atom is 0.335 e. The number of hydrogen-bond donors (Lipinski definition) is 1. The van der Waals surface area contributed by atoms with E-state index >= 15 is 0 Å². The van der Waals surface area contributed by atoms with E-state index in [2.05, 4.69) is 38.1 Å². The molecule has 118 valence electrons. The molecule has 2 heteroatoms. The first-order valence-electron chi connectivity index (χ1n) is 8.24. The van der Waals surface area contributed by atoms with E-state index in [1.165, 1.54) is 23.8 Å². The highest BCUT2D eigenvalue weighted by molar-refractivity contribution is 6.10. The standard InChI is InChI=1S/C21H22O2/c1-14(2)6-5-7-15-12-16-10-11-17(21(22)23)13-20(16)19-9-4-3-8-18(15)19/h3-4,8-14H,5-7H2,1-2H3,(H,22,23). The molecule has 0 radical (unpaired) electrons. The maximum absolute atomic E-state index is 11.3. The van der Waals surface area contributed by atoms with Crippen LogP contribution in [0.3, 0.4) is 0 Å². The number of aromatic carboxylic acids is 1. The Morgan fingerprint density at radius 3 is 2.43 bits per heavy atom. The van der Waals surface area contributed by atoms with Gasteiger partial charge in [-0.2, -0.15) is 0 Å². The summed E-state index contributed by atoms with van der Waals surface area (Å²) >= 11 is 0. The van der Waals surface area contributed by atoms with Crippen molar-refractivity contribution in [2.45, 2.75) is 33.1 Å². The van der Waals surface area contributed by atoms with Gasteiger partial charge in [-0.1, -0.05) is 56.7 Å². The van der Waals surface area contributed by atoms with Crippen molar-refractivity contribution in [2.24, 2.45) is 5.92 Å². The van der Waals surface area contributed by atoms with E-state index in [9.17, 15) is 9.90 Å². The number of carboxylic acid groups (broad SMARTS) is 1. The summed E-state index contributed by atoms with van der Waals surface area (Å²) < 4.78 is 0. The van der Waals surface area contributed by atoms with Crippen molar-refractivity contribution < 1.29 is 9.90 Å². The highest BCUT2D eigenvalue weighted by Crippen LogP contribution is 2.30. The quantitative estimate of drug-likeness (QED) is 0.617. The first-order chi connectivity index (χ1) is 11.1. The second kappa shape index (κ2) is 6.41. The Morgan fingerprint density at radius 2 is 1.74 bits per heavy atom. The van der Waals surface area contributed by atoms with Gasteiger partial charge in [0.05, 0.1) is 5.56 Å². The van der Waals surface area contributed by atoms with Crippen LogP contribution in [0.2, 0.25) is 0 Å². The molecule has 3 rings (SSSR count). The number of carboxylic acids is 1. The van der Waals surface area contributed by atoms with Gasteiger partial charge in [0, 0.05) is 0 Å². The smallest absolute Gasteiger partial charge is 0.335 e. The lowest BCUT2D eigenvalue weighted by Gasteiger charge is -2.12. The average molecular weight is 306 g/mol. The molecule has 3 aromatic carbocycles. The molecule has 0 saturated heterocycles. The Kier molecular flexibility index (Phi) is 4.33. The Hall–Kier alpha value is -2.35. The molecule has 0 aliphatic heterocycles. The van der Waals surface area contributed by atoms with Crippen LogP contribution in [-0.4, -0.2) is 11.1 Å². The molecule has 0 saturated carbocycles. The lowest BCUT2D eigenvalue weighted by molar-refractivity contribution is 0.0697. The molecule has 0 aliphatic carbocycles.